The predicted octanol–water partition coefficient (Wildman–Crippen LogP) is 1.77. The van der Waals surface area contributed by atoms with Crippen molar-refractivity contribution in [3.63, 3.8) is 0 Å². The molecule has 1 N–H and O–H groups in total. The van der Waals surface area contributed by atoms with Crippen molar-refractivity contribution in [3.8, 4) is 0 Å². The van der Waals surface area contributed by atoms with Gasteiger partial charge in [0.25, 0.3) is 5.91 Å². The fourth-order valence-electron chi connectivity index (χ4n) is 2.40. The Bertz CT molecular complexity index is 454. The van der Waals surface area contributed by atoms with Crippen molar-refractivity contribution < 1.29 is 4.79 Å². The molecule has 0 saturated carbocycles. The molecule has 1 fully saturated rings. The summed E-state index contributed by atoms with van der Waals surface area (Å²) in [6, 6.07) is 0. The first-order valence-corrected chi connectivity index (χ1v) is 8.50. The zero-order chi connectivity index (χ0) is 15.2. The minimum Gasteiger partial charge on any atom is -0.360 e. The van der Waals surface area contributed by atoms with Gasteiger partial charge in [-0.3, -0.25) is 9.69 Å². The van der Waals surface area contributed by atoms with Gasteiger partial charge in [0.2, 0.25) is 10.1 Å². The molecule has 0 unspecified atom stereocenters. The molecule has 0 bridgehead atoms. The first-order chi connectivity index (χ1) is 10.1. The largest absolute Gasteiger partial charge is 0.360 e. The lowest BCUT2D eigenvalue weighted by Crippen LogP contribution is -2.49. The van der Waals surface area contributed by atoms with Gasteiger partial charge in [-0.25, -0.2) is 0 Å². The highest BCUT2D eigenvalue weighted by molar-refractivity contribution is 7.17. The van der Waals surface area contributed by atoms with Gasteiger partial charge in [-0.05, 0) is 12.3 Å². The van der Waals surface area contributed by atoms with E-state index in [-0.39, 0.29) is 5.91 Å². The van der Waals surface area contributed by atoms with Gasteiger partial charge in [0, 0.05) is 39.3 Å². The fourth-order valence-corrected chi connectivity index (χ4v) is 3.14. The Morgan fingerprint density at radius 3 is 2.62 bits per heavy atom. The minimum atomic E-state index is 0.0150. The Labute approximate surface area is 130 Å². The number of aromatic nitrogens is 2. The van der Waals surface area contributed by atoms with E-state index in [4.69, 9.17) is 0 Å². The lowest BCUT2D eigenvalue weighted by molar-refractivity contribution is 0.0622. The number of carbonyl (C=O) groups is 1. The average molecular weight is 311 g/mol. The highest BCUT2D eigenvalue weighted by Crippen LogP contribution is 2.18. The molecule has 0 aliphatic carbocycles. The van der Waals surface area contributed by atoms with Crippen LogP contribution in [0.15, 0.2) is 0 Å². The summed E-state index contributed by atoms with van der Waals surface area (Å²) in [4.78, 5) is 16.7. The molecule has 0 spiro atoms. The Kier molecular flexibility index (Phi) is 5.93. The molecule has 1 aromatic heterocycles. The number of nitrogens with one attached hydrogen (secondary N) is 1. The van der Waals surface area contributed by atoms with Crippen LogP contribution in [0.25, 0.3) is 0 Å². The minimum absolute atomic E-state index is 0.0150. The maximum Gasteiger partial charge on any atom is 0.284 e. The number of hydrogen-bond acceptors (Lipinski definition) is 6. The van der Waals surface area contributed by atoms with Crippen LogP contribution >= 0.6 is 11.3 Å². The second-order valence-electron chi connectivity index (χ2n) is 5.83. The summed E-state index contributed by atoms with van der Waals surface area (Å²) in [7, 11) is 0. The SMILES string of the molecule is CCCNc1nnc(C(=O)N2CCN(CC(C)C)CC2)s1. The number of hydrogen-bond donors (Lipinski definition) is 1. The third-order valence-electron chi connectivity index (χ3n) is 3.42. The Balaban J connectivity index is 1.85. The van der Waals surface area contributed by atoms with Gasteiger partial charge in [0.15, 0.2) is 0 Å². The molecule has 2 rings (SSSR count). The van der Waals surface area contributed by atoms with Crippen LogP contribution in [-0.4, -0.2) is 65.2 Å². The van der Waals surface area contributed by atoms with Gasteiger partial charge < -0.3 is 10.2 Å². The van der Waals surface area contributed by atoms with Crippen LogP contribution in [0.3, 0.4) is 0 Å². The molecule has 0 atom stereocenters. The summed E-state index contributed by atoms with van der Waals surface area (Å²) in [6.07, 6.45) is 1.03. The van der Waals surface area contributed by atoms with E-state index in [2.05, 4.69) is 41.2 Å². The fraction of sp³-hybridized carbons (Fsp3) is 0.786. The van der Waals surface area contributed by atoms with E-state index in [0.29, 0.717) is 10.9 Å². The number of nitrogens with zero attached hydrogens (tertiary/aromatic N) is 4. The van der Waals surface area contributed by atoms with Gasteiger partial charge in [0.05, 0.1) is 0 Å². The van der Waals surface area contributed by atoms with Crippen molar-refractivity contribution >= 4 is 22.4 Å². The molecule has 7 heteroatoms. The summed E-state index contributed by atoms with van der Waals surface area (Å²) in [5.74, 6) is 0.684. The molecule has 21 heavy (non-hydrogen) atoms. The second-order valence-corrected chi connectivity index (χ2v) is 6.80. The molecule has 0 radical (unpaired) electrons. The van der Waals surface area contributed by atoms with Crippen molar-refractivity contribution in [2.24, 2.45) is 5.92 Å². The average Bonchev–Trinajstić information content (AvgIpc) is 2.93. The molecule has 1 amide bonds. The molecule has 1 aromatic rings. The quantitative estimate of drug-likeness (QED) is 0.867. The molecule has 1 aliphatic heterocycles. The van der Waals surface area contributed by atoms with Crippen LogP contribution in [-0.2, 0) is 0 Å². The van der Waals surface area contributed by atoms with E-state index in [1.165, 1.54) is 11.3 Å². The van der Waals surface area contributed by atoms with Gasteiger partial charge in [-0.15, -0.1) is 10.2 Å². The standard InChI is InChI=1S/C14H25N5OS/c1-4-5-15-14-17-16-12(21-14)13(20)19-8-6-18(7-9-19)10-11(2)3/h11H,4-10H2,1-3H3,(H,15,17). The van der Waals surface area contributed by atoms with Crippen molar-refractivity contribution in [1.82, 2.24) is 20.0 Å². The third kappa shape index (κ3) is 4.64. The van der Waals surface area contributed by atoms with Crippen LogP contribution in [0.4, 0.5) is 5.13 Å². The lowest BCUT2D eigenvalue weighted by Gasteiger charge is -2.35. The van der Waals surface area contributed by atoms with E-state index in [0.717, 1.165) is 50.8 Å². The molecule has 118 valence electrons. The number of carbonyl (C=O) groups excluding carboxylic acids is 1. The van der Waals surface area contributed by atoms with Crippen molar-refractivity contribution in [1.29, 1.82) is 0 Å². The molecular weight excluding hydrogens is 286 g/mol. The maximum absolute atomic E-state index is 12.4. The van der Waals surface area contributed by atoms with Gasteiger partial charge >= 0.3 is 0 Å². The van der Waals surface area contributed by atoms with Crippen molar-refractivity contribution in [2.75, 3.05) is 44.6 Å². The molecule has 6 nitrogen and oxygen atoms in total. The highest BCUT2D eigenvalue weighted by atomic mass is 32.1. The second kappa shape index (κ2) is 7.70. The normalized spacial score (nSPS) is 16.5. The van der Waals surface area contributed by atoms with E-state index in [1.807, 2.05) is 4.90 Å². The molecule has 2 heterocycles. The topological polar surface area (TPSA) is 61.4 Å². The maximum atomic E-state index is 12.4. The smallest absolute Gasteiger partial charge is 0.284 e. The number of anilines is 1. The van der Waals surface area contributed by atoms with Gasteiger partial charge in [-0.1, -0.05) is 32.1 Å². The monoisotopic (exact) mass is 311 g/mol. The van der Waals surface area contributed by atoms with Crippen LogP contribution in [0.1, 0.15) is 37.0 Å². The molecule has 1 aliphatic rings. The Morgan fingerprint density at radius 2 is 2.00 bits per heavy atom. The predicted molar refractivity (Wildman–Crippen MR) is 85.9 cm³/mol. The summed E-state index contributed by atoms with van der Waals surface area (Å²) in [5.41, 5.74) is 0. The number of rotatable bonds is 6. The van der Waals surface area contributed by atoms with Crippen LogP contribution in [0.5, 0.6) is 0 Å². The van der Waals surface area contributed by atoms with Crippen molar-refractivity contribution in [2.45, 2.75) is 27.2 Å². The zero-order valence-corrected chi connectivity index (χ0v) is 13.9. The first-order valence-electron chi connectivity index (χ1n) is 7.69. The Morgan fingerprint density at radius 1 is 1.29 bits per heavy atom. The van der Waals surface area contributed by atoms with Gasteiger partial charge in [0.1, 0.15) is 0 Å². The Hall–Kier alpha value is -1.21. The van der Waals surface area contributed by atoms with Crippen LogP contribution in [0.2, 0.25) is 0 Å². The molecule has 1 saturated heterocycles. The van der Waals surface area contributed by atoms with E-state index >= 15 is 0 Å². The number of piperazine rings is 1. The number of amides is 1. The summed E-state index contributed by atoms with van der Waals surface area (Å²) < 4.78 is 0. The van der Waals surface area contributed by atoms with Gasteiger partial charge in [-0.2, -0.15) is 0 Å². The highest BCUT2D eigenvalue weighted by Gasteiger charge is 2.24. The molecule has 0 aromatic carbocycles. The zero-order valence-electron chi connectivity index (χ0n) is 13.1. The van der Waals surface area contributed by atoms with Crippen LogP contribution in [0, 0.1) is 5.92 Å². The van der Waals surface area contributed by atoms with Crippen LogP contribution < -0.4 is 5.32 Å². The first kappa shape index (κ1) is 16.2. The lowest BCUT2D eigenvalue weighted by atomic mass is 10.2. The summed E-state index contributed by atoms with van der Waals surface area (Å²) in [6.45, 7) is 12.0. The van der Waals surface area contributed by atoms with E-state index in [1.54, 1.807) is 0 Å². The third-order valence-corrected chi connectivity index (χ3v) is 4.29. The summed E-state index contributed by atoms with van der Waals surface area (Å²) in [5, 5.41) is 12.4. The molecular formula is C14H25N5OS. The summed E-state index contributed by atoms with van der Waals surface area (Å²) >= 11 is 1.35. The van der Waals surface area contributed by atoms with Crippen molar-refractivity contribution in [3.05, 3.63) is 5.01 Å². The van der Waals surface area contributed by atoms with E-state index in [9.17, 15) is 4.79 Å². The van der Waals surface area contributed by atoms with E-state index < -0.39 is 0 Å².